The molecule has 24 heavy (non-hydrogen) atoms. The van der Waals surface area contributed by atoms with Gasteiger partial charge in [0.25, 0.3) is 5.91 Å². The molecule has 0 aliphatic heterocycles. The van der Waals surface area contributed by atoms with Crippen molar-refractivity contribution >= 4 is 17.5 Å². The highest BCUT2D eigenvalue weighted by Gasteiger charge is 2.11. The average Bonchev–Trinajstić information content (AvgIpc) is 2.62. The molecule has 0 atom stereocenters. The first kappa shape index (κ1) is 17.5. The number of carbonyl (C=O) groups is 1. The summed E-state index contributed by atoms with van der Waals surface area (Å²) >= 11 is 0. The van der Waals surface area contributed by atoms with Crippen LogP contribution in [0.3, 0.4) is 0 Å². The van der Waals surface area contributed by atoms with Crippen LogP contribution in [0.25, 0.3) is 0 Å². The van der Waals surface area contributed by atoms with Crippen LogP contribution >= 0.6 is 0 Å². The monoisotopic (exact) mass is 332 g/mol. The number of hydrogen-bond donors (Lipinski definition) is 2. The fourth-order valence-electron chi connectivity index (χ4n) is 1.93. The molecule has 8 nitrogen and oxygen atoms in total. The lowest BCUT2D eigenvalue weighted by atomic mass is 10.2. The number of amides is 1. The van der Waals surface area contributed by atoms with E-state index in [-0.39, 0.29) is 17.5 Å². The van der Waals surface area contributed by atoms with Crippen LogP contribution in [-0.4, -0.2) is 50.4 Å². The molecule has 1 aromatic carbocycles. The van der Waals surface area contributed by atoms with Gasteiger partial charge in [0.2, 0.25) is 5.95 Å². The highest BCUT2D eigenvalue weighted by molar-refractivity contribution is 5.92. The van der Waals surface area contributed by atoms with Gasteiger partial charge in [0, 0.05) is 25.9 Å². The van der Waals surface area contributed by atoms with Gasteiger partial charge in [-0.2, -0.15) is 0 Å². The summed E-state index contributed by atoms with van der Waals surface area (Å²) < 4.78 is 15.4. The molecule has 128 valence electrons. The summed E-state index contributed by atoms with van der Waals surface area (Å²) in [6, 6.07) is 6.84. The maximum Gasteiger partial charge on any atom is 0.270 e. The molecule has 1 amide bonds. The van der Waals surface area contributed by atoms with E-state index < -0.39 is 0 Å². The van der Waals surface area contributed by atoms with Gasteiger partial charge >= 0.3 is 0 Å². The first-order valence-corrected chi connectivity index (χ1v) is 7.27. The van der Waals surface area contributed by atoms with Gasteiger partial charge in [-0.25, -0.2) is 9.97 Å². The summed E-state index contributed by atoms with van der Waals surface area (Å²) in [7, 11) is 4.71. The zero-order valence-corrected chi connectivity index (χ0v) is 13.8. The van der Waals surface area contributed by atoms with Crippen LogP contribution in [0.1, 0.15) is 10.5 Å². The van der Waals surface area contributed by atoms with E-state index in [0.717, 1.165) is 0 Å². The van der Waals surface area contributed by atoms with Crippen molar-refractivity contribution in [3.8, 4) is 11.5 Å². The smallest absolute Gasteiger partial charge is 0.270 e. The van der Waals surface area contributed by atoms with Crippen LogP contribution in [0.5, 0.6) is 11.5 Å². The molecule has 0 spiro atoms. The summed E-state index contributed by atoms with van der Waals surface area (Å²) in [5, 5.41) is 5.73. The third kappa shape index (κ3) is 4.56. The number of hydrogen-bond acceptors (Lipinski definition) is 7. The number of benzene rings is 1. The standard InChI is InChI=1S/C16H20N4O4/c1-22-9-8-17-15(21)12-6-7-18-16(19-12)20-13-10-11(23-2)4-5-14(13)24-3/h4-7,10H,8-9H2,1-3H3,(H,17,21)(H,18,19,20). The lowest BCUT2D eigenvalue weighted by Gasteiger charge is -2.12. The number of rotatable bonds is 8. The maximum absolute atomic E-state index is 12.0. The van der Waals surface area contributed by atoms with Gasteiger partial charge in [-0.15, -0.1) is 0 Å². The second-order valence-electron chi connectivity index (χ2n) is 4.71. The van der Waals surface area contributed by atoms with E-state index in [2.05, 4.69) is 20.6 Å². The zero-order valence-electron chi connectivity index (χ0n) is 13.8. The van der Waals surface area contributed by atoms with Gasteiger partial charge in [0.05, 0.1) is 26.5 Å². The fraction of sp³-hybridized carbons (Fsp3) is 0.312. The first-order chi connectivity index (χ1) is 11.7. The third-order valence-electron chi connectivity index (χ3n) is 3.13. The lowest BCUT2D eigenvalue weighted by Crippen LogP contribution is -2.27. The minimum absolute atomic E-state index is 0.255. The van der Waals surface area contributed by atoms with Gasteiger partial charge in [-0.3, -0.25) is 4.79 Å². The molecule has 0 saturated heterocycles. The Bertz CT molecular complexity index is 694. The van der Waals surface area contributed by atoms with Gasteiger partial charge < -0.3 is 24.8 Å². The minimum atomic E-state index is -0.296. The highest BCUT2D eigenvalue weighted by atomic mass is 16.5. The molecular weight excluding hydrogens is 312 g/mol. The van der Waals surface area contributed by atoms with E-state index in [9.17, 15) is 4.79 Å². The van der Waals surface area contributed by atoms with Gasteiger partial charge in [0.1, 0.15) is 17.2 Å². The van der Waals surface area contributed by atoms with Crippen molar-refractivity contribution < 1.29 is 19.0 Å². The highest BCUT2D eigenvalue weighted by Crippen LogP contribution is 2.30. The molecule has 8 heteroatoms. The molecular formula is C16H20N4O4. The van der Waals surface area contributed by atoms with Crippen molar-refractivity contribution in [3.05, 3.63) is 36.2 Å². The molecule has 1 heterocycles. The fourth-order valence-corrected chi connectivity index (χ4v) is 1.93. The third-order valence-corrected chi connectivity index (χ3v) is 3.13. The van der Waals surface area contributed by atoms with Gasteiger partial charge in [0.15, 0.2) is 0 Å². The van der Waals surface area contributed by atoms with Crippen molar-refractivity contribution in [2.75, 3.05) is 39.8 Å². The number of aromatic nitrogens is 2. The number of methoxy groups -OCH3 is 3. The maximum atomic E-state index is 12.0. The molecule has 0 unspecified atom stereocenters. The lowest BCUT2D eigenvalue weighted by molar-refractivity contribution is 0.0932. The summed E-state index contributed by atoms with van der Waals surface area (Å²) in [4.78, 5) is 20.3. The Morgan fingerprint density at radius 3 is 2.71 bits per heavy atom. The van der Waals surface area contributed by atoms with Crippen LogP contribution in [0.2, 0.25) is 0 Å². The van der Waals surface area contributed by atoms with Crippen molar-refractivity contribution in [3.63, 3.8) is 0 Å². The normalized spacial score (nSPS) is 10.1. The molecule has 0 saturated carbocycles. The number of anilines is 2. The average molecular weight is 332 g/mol. The largest absolute Gasteiger partial charge is 0.497 e. The van der Waals surface area contributed by atoms with Crippen LogP contribution in [0.4, 0.5) is 11.6 Å². The SMILES string of the molecule is COCCNC(=O)c1ccnc(Nc2cc(OC)ccc2OC)n1. The van der Waals surface area contributed by atoms with E-state index in [1.54, 1.807) is 39.5 Å². The van der Waals surface area contributed by atoms with Gasteiger partial charge in [-0.1, -0.05) is 0 Å². The Kier molecular flexibility index (Phi) is 6.32. The molecule has 0 fully saturated rings. The Balaban J connectivity index is 2.16. The van der Waals surface area contributed by atoms with Crippen LogP contribution < -0.4 is 20.1 Å². The Hall–Kier alpha value is -2.87. The van der Waals surface area contributed by atoms with E-state index in [1.807, 2.05) is 0 Å². The predicted octanol–water partition coefficient (Wildman–Crippen LogP) is 1.61. The number of nitrogens with zero attached hydrogens (tertiary/aromatic N) is 2. The Labute approximate surface area is 140 Å². The molecule has 0 bridgehead atoms. The van der Waals surface area contributed by atoms with Crippen molar-refractivity contribution in [2.24, 2.45) is 0 Å². The molecule has 2 N–H and O–H groups in total. The second-order valence-corrected chi connectivity index (χ2v) is 4.71. The van der Waals surface area contributed by atoms with Crippen molar-refractivity contribution in [1.29, 1.82) is 0 Å². The minimum Gasteiger partial charge on any atom is -0.497 e. The molecule has 2 aromatic rings. The summed E-state index contributed by atoms with van der Waals surface area (Å²) in [6.45, 7) is 0.842. The zero-order chi connectivity index (χ0) is 17.4. The van der Waals surface area contributed by atoms with Gasteiger partial charge in [-0.05, 0) is 18.2 Å². The van der Waals surface area contributed by atoms with Crippen molar-refractivity contribution in [2.45, 2.75) is 0 Å². The van der Waals surface area contributed by atoms with E-state index >= 15 is 0 Å². The number of carbonyl (C=O) groups excluding carboxylic acids is 1. The van der Waals surface area contributed by atoms with E-state index in [1.165, 1.54) is 12.3 Å². The quantitative estimate of drug-likeness (QED) is 0.709. The summed E-state index contributed by atoms with van der Waals surface area (Å²) in [5.74, 6) is 1.25. The van der Waals surface area contributed by atoms with Crippen LogP contribution in [0, 0.1) is 0 Å². The first-order valence-electron chi connectivity index (χ1n) is 7.27. The molecule has 0 aliphatic rings. The topological polar surface area (TPSA) is 94.6 Å². The van der Waals surface area contributed by atoms with Crippen LogP contribution in [0.15, 0.2) is 30.5 Å². The van der Waals surface area contributed by atoms with Crippen LogP contribution in [-0.2, 0) is 4.74 Å². The Morgan fingerprint density at radius 1 is 1.17 bits per heavy atom. The number of nitrogens with one attached hydrogen (secondary N) is 2. The second kappa shape index (κ2) is 8.68. The predicted molar refractivity (Wildman–Crippen MR) is 89.1 cm³/mol. The summed E-state index contributed by atoms with van der Waals surface area (Å²) in [5.41, 5.74) is 0.888. The molecule has 0 aliphatic carbocycles. The van der Waals surface area contributed by atoms with E-state index in [0.29, 0.717) is 30.3 Å². The Morgan fingerprint density at radius 2 is 2.00 bits per heavy atom. The molecule has 0 radical (unpaired) electrons. The summed E-state index contributed by atoms with van der Waals surface area (Å²) in [6.07, 6.45) is 1.51. The van der Waals surface area contributed by atoms with Crippen molar-refractivity contribution in [1.82, 2.24) is 15.3 Å². The number of ether oxygens (including phenoxy) is 3. The molecule has 1 aromatic heterocycles. The molecule has 2 rings (SSSR count). The van der Waals surface area contributed by atoms with E-state index in [4.69, 9.17) is 14.2 Å².